The molecular weight excluding hydrogens is 276 g/mol. The first kappa shape index (κ1) is 14.5. The lowest BCUT2D eigenvalue weighted by atomic mass is 10.1. The van der Waals surface area contributed by atoms with Gasteiger partial charge in [-0.1, -0.05) is 29.8 Å². The Labute approximate surface area is 123 Å². The Morgan fingerprint density at radius 3 is 2.74 bits per heavy atom. The van der Waals surface area contributed by atoms with E-state index in [0.717, 1.165) is 22.7 Å². The fraction of sp³-hybridized carbons (Fsp3) is 0.333. The predicted octanol–water partition coefficient (Wildman–Crippen LogP) is 4.05. The smallest absolute Gasteiger partial charge is 0.0454 e. The van der Waals surface area contributed by atoms with Crippen LogP contribution in [0.3, 0.4) is 0 Å². The first-order chi connectivity index (χ1) is 9.11. The summed E-state index contributed by atoms with van der Waals surface area (Å²) in [6.07, 6.45) is 0. The van der Waals surface area contributed by atoms with E-state index in [0.29, 0.717) is 12.6 Å². The molecule has 2 N–H and O–H groups in total. The SMILES string of the molecule is CC(c1cccs1)N(C)Cc1ccc(CN)cc1Cl. The van der Waals surface area contributed by atoms with Crippen LogP contribution < -0.4 is 5.73 Å². The van der Waals surface area contributed by atoms with Crippen molar-refractivity contribution in [2.24, 2.45) is 5.73 Å². The maximum atomic E-state index is 6.30. The molecule has 0 amide bonds. The molecule has 0 radical (unpaired) electrons. The average Bonchev–Trinajstić information content (AvgIpc) is 2.94. The Morgan fingerprint density at radius 1 is 1.37 bits per heavy atom. The van der Waals surface area contributed by atoms with Gasteiger partial charge in [-0.25, -0.2) is 0 Å². The highest BCUT2D eigenvalue weighted by Crippen LogP contribution is 2.26. The monoisotopic (exact) mass is 294 g/mol. The van der Waals surface area contributed by atoms with Gasteiger partial charge in [-0.2, -0.15) is 0 Å². The number of thiophene rings is 1. The van der Waals surface area contributed by atoms with Crippen LogP contribution in [0.25, 0.3) is 0 Å². The number of hydrogen-bond acceptors (Lipinski definition) is 3. The molecule has 0 aliphatic carbocycles. The van der Waals surface area contributed by atoms with E-state index in [2.05, 4.69) is 42.5 Å². The van der Waals surface area contributed by atoms with Crippen molar-refractivity contribution in [2.45, 2.75) is 26.1 Å². The zero-order chi connectivity index (χ0) is 13.8. The molecule has 0 bridgehead atoms. The van der Waals surface area contributed by atoms with E-state index in [1.165, 1.54) is 4.88 Å². The Kier molecular flexibility index (Phi) is 4.99. The summed E-state index contributed by atoms with van der Waals surface area (Å²) in [6.45, 7) is 3.58. The zero-order valence-electron chi connectivity index (χ0n) is 11.3. The Bertz CT molecular complexity index is 525. The van der Waals surface area contributed by atoms with Crippen molar-refractivity contribution in [3.05, 3.63) is 56.7 Å². The van der Waals surface area contributed by atoms with E-state index in [-0.39, 0.29) is 0 Å². The Morgan fingerprint density at radius 2 is 2.16 bits per heavy atom. The zero-order valence-corrected chi connectivity index (χ0v) is 12.8. The van der Waals surface area contributed by atoms with Crippen LogP contribution in [0.5, 0.6) is 0 Å². The molecule has 1 heterocycles. The maximum absolute atomic E-state index is 6.30. The molecular formula is C15H19ClN2S. The maximum Gasteiger partial charge on any atom is 0.0454 e. The van der Waals surface area contributed by atoms with Crippen LogP contribution in [0.15, 0.2) is 35.7 Å². The summed E-state index contributed by atoms with van der Waals surface area (Å²) in [6, 6.07) is 10.7. The lowest BCUT2D eigenvalue weighted by Crippen LogP contribution is -2.21. The van der Waals surface area contributed by atoms with Crippen molar-refractivity contribution in [3.63, 3.8) is 0 Å². The number of rotatable bonds is 5. The van der Waals surface area contributed by atoms with Crippen LogP contribution in [0.2, 0.25) is 5.02 Å². The van der Waals surface area contributed by atoms with Gasteiger partial charge in [-0.15, -0.1) is 11.3 Å². The third kappa shape index (κ3) is 3.57. The van der Waals surface area contributed by atoms with Crippen molar-refractivity contribution < 1.29 is 0 Å². The molecule has 0 fully saturated rings. The van der Waals surface area contributed by atoms with Crippen LogP contribution in [-0.2, 0) is 13.1 Å². The molecule has 1 aromatic heterocycles. The van der Waals surface area contributed by atoms with E-state index in [9.17, 15) is 0 Å². The molecule has 19 heavy (non-hydrogen) atoms. The summed E-state index contributed by atoms with van der Waals surface area (Å²) in [4.78, 5) is 3.67. The highest BCUT2D eigenvalue weighted by Gasteiger charge is 2.14. The minimum atomic E-state index is 0.394. The van der Waals surface area contributed by atoms with E-state index in [4.69, 9.17) is 17.3 Å². The van der Waals surface area contributed by atoms with E-state index in [1.807, 2.05) is 12.1 Å². The third-order valence-corrected chi connectivity index (χ3v) is 4.78. The summed E-state index contributed by atoms with van der Waals surface area (Å²) >= 11 is 8.09. The van der Waals surface area contributed by atoms with Gasteiger partial charge in [-0.05, 0) is 42.6 Å². The molecule has 0 aliphatic rings. The van der Waals surface area contributed by atoms with Gasteiger partial charge >= 0.3 is 0 Å². The first-order valence-corrected chi connectivity index (χ1v) is 7.58. The van der Waals surface area contributed by atoms with Gasteiger partial charge in [0.2, 0.25) is 0 Å². The van der Waals surface area contributed by atoms with Gasteiger partial charge in [0.1, 0.15) is 0 Å². The number of halogens is 1. The molecule has 2 rings (SSSR count). The van der Waals surface area contributed by atoms with Gasteiger partial charge in [-0.3, -0.25) is 4.90 Å². The summed E-state index contributed by atoms with van der Waals surface area (Å²) in [5.74, 6) is 0. The number of hydrogen-bond donors (Lipinski definition) is 1. The van der Waals surface area contributed by atoms with Gasteiger partial charge in [0, 0.05) is 29.0 Å². The highest BCUT2D eigenvalue weighted by molar-refractivity contribution is 7.10. The van der Waals surface area contributed by atoms with E-state index >= 15 is 0 Å². The normalized spacial score (nSPS) is 12.9. The predicted molar refractivity (Wildman–Crippen MR) is 83.5 cm³/mol. The van der Waals surface area contributed by atoms with E-state index < -0.39 is 0 Å². The molecule has 102 valence electrons. The molecule has 1 atom stereocenters. The Hall–Kier alpha value is -0.870. The van der Waals surface area contributed by atoms with Crippen molar-refractivity contribution in [2.75, 3.05) is 7.05 Å². The van der Waals surface area contributed by atoms with Crippen LogP contribution >= 0.6 is 22.9 Å². The second-order valence-electron chi connectivity index (χ2n) is 4.74. The lowest BCUT2D eigenvalue weighted by molar-refractivity contribution is 0.256. The topological polar surface area (TPSA) is 29.3 Å². The van der Waals surface area contributed by atoms with Crippen molar-refractivity contribution >= 4 is 22.9 Å². The number of nitrogens with zero attached hydrogens (tertiary/aromatic N) is 1. The molecule has 4 heteroatoms. The van der Waals surface area contributed by atoms with Crippen LogP contribution in [-0.4, -0.2) is 11.9 Å². The fourth-order valence-electron chi connectivity index (χ4n) is 2.00. The molecule has 1 aromatic carbocycles. The molecule has 2 nitrogen and oxygen atoms in total. The minimum absolute atomic E-state index is 0.394. The van der Waals surface area contributed by atoms with Crippen molar-refractivity contribution in [1.29, 1.82) is 0 Å². The largest absolute Gasteiger partial charge is 0.326 e. The van der Waals surface area contributed by atoms with Gasteiger partial charge < -0.3 is 5.73 Å². The quantitative estimate of drug-likeness (QED) is 0.901. The molecule has 0 aliphatic heterocycles. The van der Waals surface area contributed by atoms with Gasteiger partial charge in [0.05, 0.1) is 0 Å². The highest BCUT2D eigenvalue weighted by atomic mass is 35.5. The Balaban J connectivity index is 2.08. The van der Waals surface area contributed by atoms with E-state index in [1.54, 1.807) is 11.3 Å². The molecule has 0 saturated carbocycles. The molecule has 2 aromatic rings. The molecule has 0 spiro atoms. The number of nitrogens with two attached hydrogens (primary N) is 1. The van der Waals surface area contributed by atoms with Crippen LogP contribution in [0.1, 0.15) is 29.0 Å². The van der Waals surface area contributed by atoms with Crippen LogP contribution in [0, 0.1) is 0 Å². The second kappa shape index (κ2) is 6.53. The summed E-state index contributed by atoms with van der Waals surface area (Å²) in [7, 11) is 2.12. The van der Waals surface area contributed by atoms with Gasteiger partial charge in [0.25, 0.3) is 0 Å². The summed E-state index contributed by atoms with van der Waals surface area (Å²) in [5.41, 5.74) is 7.83. The molecule has 1 unspecified atom stereocenters. The standard InChI is InChI=1S/C15H19ClN2S/c1-11(15-4-3-7-19-15)18(2)10-13-6-5-12(9-17)8-14(13)16/h3-8,11H,9-10,17H2,1-2H3. The summed E-state index contributed by atoms with van der Waals surface area (Å²) in [5, 5.41) is 2.91. The second-order valence-corrected chi connectivity index (χ2v) is 6.12. The third-order valence-electron chi connectivity index (χ3n) is 3.39. The first-order valence-electron chi connectivity index (χ1n) is 6.33. The van der Waals surface area contributed by atoms with Crippen LogP contribution in [0.4, 0.5) is 0 Å². The fourth-order valence-corrected chi connectivity index (χ4v) is 3.11. The van der Waals surface area contributed by atoms with Crippen molar-refractivity contribution in [3.8, 4) is 0 Å². The van der Waals surface area contributed by atoms with Gasteiger partial charge in [0.15, 0.2) is 0 Å². The minimum Gasteiger partial charge on any atom is -0.326 e. The number of benzene rings is 1. The lowest BCUT2D eigenvalue weighted by Gasteiger charge is -2.24. The summed E-state index contributed by atoms with van der Waals surface area (Å²) < 4.78 is 0. The van der Waals surface area contributed by atoms with Crippen molar-refractivity contribution in [1.82, 2.24) is 4.90 Å². The molecule has 0 saturated heterocycles. The average molecular weight is 295 g/mol.